The standard InChI is InChI=1S/C17H21NO3/c19-15(13-10-14(13)16(20)21)18-11-17(8-4-5-9-17)12-6-2-1-3-7-12/h1-3,6-7,13-14H,4-5,8-11H2,(H,18,19)(H,20,21). The van der Waals surface area contributed by atoms with Crippen LogP contribution >= 0.6 is 0 Å². The second-order valence-corrected chi connectivity index (χ2v) is 6.36. The molecule has 1 aromatic carbocycles. The van der Waals surface area contributed by atoms with Crippen LogP contribution in [0.1, 0.15) is 37.7 Å². The third-order valence-electron chi connectivity index (χ3n) is 4.99. The minimum absolute atomic E-state index is 0.0323. The number of carbonyl (C=O) groups is 2. The second-order valence-electron chi connectivity index (χ2n) is 6.36. The average Bonchev–Trinajstić information content (AvgIpc) is 3.17. The number of amides is 1. The zero-order valence-corrected chi connectivity index (χ0v) is 12.0. The fourth-order valence-electron chi connectivity index (χ4n) is 3.56. The number of carboxylic acid groups (broad SMARTS) is 1. The van der Waals surface area contributed by atoms with E-state index in [-0.39, 0.29) is 17.2 Å². The van der Waals surface area contributed by atoms with Crippen molar-refractivity contribution >= 4 is 11.9 Å². The first-order valence-corrected chi connectivity index (χ1v) is 7.68. The molecule has 0 spiro atoms. The van der Waals surface area contributed by atoms with Crippen molar-refractivity contribution in [3.63, 3.8) is 0 Å². The Hall–Kier alpha value is -1.84. The van der Waals surface area contributed by atoms with E-state index < -0.39 is 11.9 Å². The SMILES string of the molecule is O=C(O)C1CC1C(=O)NCC1(c2ccccc2)CCCC1. The lowest BCUT2D eigenvalue weighted by atomic mass is 9.79. The van der Waals surface area contributed by atoms with Gasteiger partial charge in [-0.2, -0.15) is 0 Å². The molecule has 0 saturated heterocycles. The van der Waals surface area contributed by atoms with E-state index in [2.05, 4.69) is 17.4 Å². The van der Waals surface area contributed by atoms with Gasteiger partial charge >= 0.3 is 5.97 Å². The largest absolute Gasteiger partial charge is 0.481 e. The van der Waals surface area contributed by atoms with Crippen molar-refractivity contribution in [3.8, 4) is 0 Å². The fraction of sp³-hybridized carbons (Fsp3) is 0.529. The molecule has 2 aliphatic rings. The highest BCUT2D eigenvalue weighted by molar-refractivity contribution is 5.89. The predicted octanol–water partition coefficient (Wildman–Crippen LogP) is 2.34. The monoisotopic (exact) mass is 287 g/mol. The Morgan fingerprint density at radius 3 is 2.38 bits per heavy atom. The summed E-state index contributed by atoms with van der Waals surface area (Å²) in [5.74, 6) is -1.74. The Kier molecular flexibility index (Phi) is 3.70. The Balaban J connectivity index is 1.64. The van der Waals surface area contributed by atoms with Crippen molar-refractivity contribution in [2.75, 3.05) is 6.54 Å². The molecule has 1 aromatic rings. The number of carbonyl (C=O) groups excluding carboxylic acids is 1. The van der Waals surface area contributed by atoms with Gasteiger partial charge in [0.2, 0.25) is 5.91 Å². The van der Waals surface area contributed by atoms with E-state index >= 15 is 0 Å². The molecular formula is C17H21NO3. The summed E-state index contributed by atoms with van der Waals surface area (Å²) in [5, 5.41) is 11.9. The summed E-state index contributed by atoms with van der Waals surface area (Å²) in [6.07, 6.45) is 5.03. The number of rotatable bonds is 5. The third-order valence-corrected chi connectivity index (χ3v) is 4.99. The summed E-state index contributed by atoms with van der Waals surface area (Å²) < 4.78 is 0. The lowest BCUT2D eigenvalue weighted by molar-refractivity contribution is -0.140. The molecule has 2 aliphatic carbocycles. The summed E-state index contributed by atoms with van der Waals surface area (Å²) in [6, 6.07) is 10.4. The lowest BCUT2D eigenvalue weighted by Gasteiger charge is -2.30. The van der Waals surface area contributed by atoms with Gasteiger partial charge in [0.05, 0.1) is 11.8 Å². The van der Waals surface area contributed by atoms with Crippen molar-refractivity contribution in [1.29, 1.82) is 0 Å². The van der Waals surface area contributed by atoms with E-state index in [1.807, 2.05) is 18.2 Å². The highest BCUT2D eigenvalue weighted by Crippen LogP contribution is 2.42. The van der Waals surface area contributed by atoms with Crippen molar-refractivity contribution in [2.45, 2.75) is 37.5 Å². The molecule has 2 fully saturated rings. The first kappa shape index (κ1) is 14.1. The minimum atomic E-state index is -0.853. The topological polar surface area (TPSA) is 66.4 Å². The smallest absolute Gasteiger partial charge is 0.307 e. The Morgan fingerprint density at radius 2 is 1.81 bits per heavy atom. The molecule has 0 aliphatic heterocycles. The molecule has 2 unspecified atom stereocenters. The van der Waals surface area contributed by atoms with E-state index in [0.717, 1.165) is 12.8 Å². The Labute approximate surface area is 124 Å². The molecule has 4 heteroatoms. The van der Waals surface area contributed by atoms with Crippen LogP contribution in [0.15, 0.2) is 30.3 Å². The summed E-state index contributed by atoms with van der Waals surface area (Å²) in [4.78, 5) is 22.9. The highest BCUT2D eigenvalue weighted by atomic mass is 16.4. The molecule has 3 rings (SSSR count). The maximum Gasteiger partial charge on any atom is 0.307 e. The van der Waals surface area contributed by atoms with Gasteiger partial charge in [0, 0.05) is 12.0 Å². The normalized spacial score (nSPS) is 26.3. The van der Waals surface area contributed by atoms with Gasteiger partial charge < -0.3 is 10.4 Å². The summed E-state index contributed by atoms with van der Waals surface area (Å²) in [5.41, 5.74) is 1.32. The van der Waals surface area contributed by atoms with Crippen LogP contribution in [0.2, 0.25) is 0 Å². The van der Waals surface area contributed by atoms with Crippen molar-refractivity contribution < 1.29 is 14.7 Å². The van der Waals surface area contributed by atoms with E-state index in [9.17, 15) is 9.59 Å². The molecule has 2 atom stereocenters. The van der Waals surface area contributed by atoms with E-state index in [4.69, 9.17) is 5.11 Å². The van der Waals surface area contributed by atoms with E-state index in [0.29, 0.717) is 13.0 Å². The number of hydrogen-bond donors (Lipinski definition) is 2. The zero-order chi connectivity index (χ0) is 14.9. The molecule has 21 heavy (non-hydrogen) atoms. The first-order valence-electron chi connectivity index (χ1n) is 7.68. The molecular weight excluding hydrogens is 266 g/mol. The number of aliphatic carboxylic acids is 1. The molecule has 0 radical (unpaired) electrons. The number of nitrogens with one attached hydrogen (secondary N) is 1. The molecule has 0 aromatic heterocycles. The average molecular weight is 287 g/mol. The predicted molar refractivity (Wildman–Crippen MR) is 78.8 cm³/mol. The fourth-order valence-corrected chi connectivity index (χ4v) is 3.56. The highest BCUT2D eigenvalue weighted by Gasteiger charge is 2.48. The molecule has 2 N–H and O–H groups in total. The molecule has 0 heterocycles. The number of benzene rings is 1. The van der Waals surface area contributed by atoms with Gasteiger partial charge in [-0.3, -0.25) is 9.59 Å². The molecule has 0 bridgehead atoms. The molecule has 2 saturated carbocycles. The van der Waals surface area contributed by atoms with Crippen LogP contribution in [-0.4, -0.2) is 23.5 Å². The van der Waals surface area contributed by atoms with Crippen LogP contribution in [0, 0.1) is 11.8 Å². The van der Waals surface area contributed by atoms with Gasteiger partial charge in [0.15, 0.2) is 0 Å². The summed E-state index contributed by atoms with van der Waals surface area (Å²) in [6.45, 7) is 0.624. The van der Waals surface area contributed by atoms with Gasteiger partial charge in [0.1, 0.15) is 0 Å². The number of hydrogen-bond acceptors (Lipinski definition) is 2. The van der Waals surface area contributed by atoms with Gasteiger partial charge in [0.25, 0.3) is 0 Å². The van der Waals surface area contributed by atoms with Crippen LogP contribution in [0.25, 0.3) is 0 Å². The molecule has 4 nitrogen and oxygen atoms in total. The minimum Gasteiger partial charge on any atom is -0.481 e. The Morgan fingerprint density at radius 1 is 1.14 bits per heavy atom. The van der Waals surface area contributed by atoms with Gasteiger partial charge in [-0.1, -0.05) is 43.2 Å². The number of carboxylic acids is 1. The van der Waals surface area contributed by atoms with E-state index in [1.165, 1.54) is 18.4 Å². The lowest BCUT2D eigenvalue weighted by Crippen LogP contribution is -2.40. The van der Waals surface area contributed by atoms with Crippen LogP contribution in [0.4, 0.5) is 0 Å². The first-order chi connectivity index (χ1) is 10.1. The maximum atomic E-state index is 12.1. The second kappa shape index (κ2) is 5.51. The Bertz CT molecular complexity index is 534. The van der Waals surface area contributed by atoms with Crippen molar-refractivity contribution in [3.05, 3.63) is 35.9 Å². The quantitative estimate of drug-likeness (QED) is 0.873. The summed E-state index contributed by atoms with van der Waals surface area (Å²) >= 11 is 0. The van der Waals surface area contributed by atoms with Crippen LogP contribution in [-0.2, 0) is 15.0 Å². The van der Waals surface area contributed by atoms with Crippen LogP contribution in [0.5, 0.6) is 0 Å². The molecule has 112 valence electrons. The van der Waals surface area contributed by atoms with Crippen LogP contribution < -0.4 is 5.32 Å². The van der Waals surface area contributed by atoms with E-state index in [1.54, 1.807) is 0 Å². The van der Waals surface area contributed by atoms with Gasteiger partial charge in [-0.25, -0.2) is 0 Å². The molecule has 1 amide bonds. The third kappa shape index (κ3) is 2.80. The van der Waals surface area contributed by atoms with Crippen molar-refractivity contribution in [1.82, 2.24) is 5.32 Å². The summed E-state index contributed by atoms with van der Waals surface area (Å²) in [7, 11) is 0. The van der Waals surface area contributed by atoms with Gasteiger partial charge in [-0.15, -0.1) is 0 Å². The zero-order valence-electron chi connectivity index (χ0n) is 12.0. The van der Waals surface area contributed by atoms with Crippen LogP contribution in [0.3, 0.4) is 0 Å². The maximum absolute atomic E-state index is 12.1. The van der Waals surface area contributed by atoms with Crippen molar-refractivity contribution in [2.24, 2.45) is 11.8 Å². The van der Waals surface area contributed by atoms with Gasteiger partial charge in [-0.05, 0) is 24.8 Å².